The number of benzene rings is 2. The molecule has 1 heterocycles. The van der Waals surface area contributed by atoms with Crippen LogP contribution in [0.2, 0.25) is 5.02 Å². The second kappa shape index (κ2) is 8.55. The summed E-state index contributed by atoms with van der Waals surface area (Å²) >= 11 is 6.04. The largest absolute Gasteiger partial charge is 0.467 e. The maximum Gasteiger partial charge on any atom is 0.258 e. The van der Waals surface area contributed by atoms with Gasteiger partial charge in [-0.15, -0.1) is 0 Å². The summed E-state index contributed by atoms with van der Waals surface area (Å²) in [5.41, 5.74) is -0.236. The number of anilines is 1. The van der Waals surface area contributed by atoms with Crippen molar-refractivity contribution in [2.75, 3.05) is 19.0 Å². The van der Waals surface area contributed by atoms with E-state index in [-0.39, 0.29) is 27.7 Å². The first-order valence-electron chi connectivity index (χ1n) is 8.62. The Labute approximate surface area is 177 Å². The Kier molecular flexibility index (Phi) is 6.25. The van der Waals surface area contributed by atoms with E-state index in [9.17, 15) is 22.0 Å². The summed E-state index contributed by atoms with van der Waals surface area (Å²) in [5.74, 6) is -2.12. The van der Waals surface area contributed by atoms with E-state index in [1.165, 1.54) is 32.5 Å². The average Bonchev–Trinajstić information content (AvgIpc) is 3.19. The van der Waals surface area contributed by atoms with Gasteiger partial charge in [-0.25, -0.2) is 21.5 Å². The topological polar surface area (TPSA) is 70.8 Å². The molecule has 6 nitrogen and oxygen atoms in total. The second-order valence-electron chi connectivity index (χ2n) is 6.50. The van der Waals surface area contributed by atoms with Crippen LogP contribution < -0.4 is 4.90 Å². The maximum atomic E-state index is 14.5. The number of nitrogens with zero attached hydrogens (tertiary/aromatic N) is 2. The molecule has 158 valence electrons. The smallest absolute Gasteiger partial charge is 0.258 e. The fourth-order valence-corrected chi connectivity index (χ4v) is 4.11. The third-order valence-corrected chi connectivity index (χ3v) is 6.57. The fraction of sp³-hybridized carbons (Fsp3) is 0.150. The highest BCUT2D eigenvalue weighted by atomic mass is 35.5. The van der Waals surface area contributed by atoms with Crippen molar-refractivity contribution in [3.8, 4) is 0 Å². The predicted octanol–water partition coefficient (Wildman–Crippen LogP) is 4.31. The van der Waals surface area contributed by atoms with Crippen molar-refractivity contribution in [2.24, 2.45) is 0 Å². The van der Waals surface area contributed by atoms with E-state index < -0.39 is 27.6 Å². The number of hydrogen-bond donors (Lipinski definition) is 0. The van der Waals surface area contributed by atoms with Crippen LogP contribution in [0.1, 0.15) is 16.1 Å². The molecule has 0 radical (unpaired) electrons. The summed E-state index contributed by atoms with van der Waals surface area (Å²) in [6.07, 6.45) is 1.39. The van der Waals surface area contributed by atoms with Gasteiger partial charge in [-0.3, -0.25) is 9.69 Å². The average molecular weight is 455 g/mol. The van der Waals surface area contributed by atoms with Crippen LogP contribution in [0.4, 0.5) is 14.5 Å². The normalized spacial score (nSPS) is 11.7. The van der Waals surface area contributed by atoms with Gasteiger partial charge in [0.25, 0.3) is 5.91 Å². The molecule has 0 atom stereocenters. The SMILES string of the molecule is CN(C)S(=O)(=O)c1cc(C(=O)N(Cc2ccco2)c2ccc(F)cc2F)ccc1Cl. The first kappa shape index (κ1) is 21.9. The molecule has 0 fully saturated rings. The quantitative estimate of drug-likeness (QED) is 0.556. The van der Waals surface area contributed by atoms with Crippen LogP contribution in [0.25, 0.3) is 0 Å². The summed E-state index contributed by atoms with van der Waals surface area (Å²) in [4.78, 5) is 14.0. The summed E-state index contributed by atoms with van der Waals surface area (Å²) < 4.78 is 59.1. The zero-order valence-corrected chi connectivity index (χ0v) is 17.5. The van der Waals surface area contributed by atoms with Crippen molar-refractivity contribution in [2.45, 2.75) is 11.4 Å². The summed E-state index contributed by atoms with van der Waals surface area (Å²) in [6, 6.07) is 9.71. The van der Waals surface area contributed by atoms with E-state index >= 15 is 0 Å². The fourth-order valence-electron chi connectivity index (χ4n) is 2.71. The molecule has 0 N–H and O–H groups in total. The Hall–Kier alpha value is -2.75. The first-order chi connectivity index (χ1) is 14.1. The molecule has 1 aromatic heterocycles. The summed E-state index contributed by atoms with van der Waals surface area (Å²) in [5, 5.41) is -0.0641. The van der Waals surface area contributed by atoms with E-state index in [4.69, 9.17) is 16.0 Å². The highest BCUT2D eigenvalue weighted by Crippen LogP contribution is 2.28. The molecule has 0 saturated heterocycles. The first-order valence-corrected chi connectivity index (χ1v) is 10.4. The highest BCUT2D eigenvalue weighted by Gasteiger charge is 2.26. The van der Waals surface area contributed by atoms with Crippen molar-refractivity contribution < 1.29 is 26.4 Å². The lowest BCUT2D eigenvalue weighted by Gasteiger charge is -2.23. The van der Waals surface area contributed by atoms with Crippen molar-refractivity contribution in [1.29, 1.82) is 0 Å². The van der Waals surface area contributed by atoms with E-state index in [0.717, 1.165) is 27.4 Å². The number of carbonyl (C=O) groups is 1. The van der Waals surface area contributed by atoms with Gasteiger partial charge in [0.15, 0.2) is 0 Å². The number of carbonyl (C=O) groups excluding carboxylic acids is 1. The van der Waals surface area contributed by atoms with E-state index in [2.05, 4.69) is 0 Å². The van der Waals surface area contributed by atoms with Crippen LogP contribution in [0.5, 0.6) is 0 Å². The molecule has 10 heteroatoms. The standard InChI is InChI=1S/C20H17ClF2N2O4S/c1-24(2)30(27,28)19-10-13(5-7-16(19)21)20(26)25(12-15-4-3-9-29-15)18-8-6-14(22)11-17(18)23/h3-11H,12H2,1-2H3. The molecule has 0 aliphatic heterocycles. The Morgan fingerprint density at radius 3 is 2.43 bits per heavy atom. The molecule has 0 unspecified atom stereocenters. The molecule has 3 aromatic rings. The highest BCUT2D eigenvalue weighted by molar-refractivity contribution is 7.89. The molecule has 30 heavy (non-hydrogen) atoms. The molecular weight excluding hydrogens is 438 g/mol. The van der Waals surface area contributed by atoms with Crippen molar-refractivity contribution in [1.82, 2.24) is 4.31 Å². The number of hydrogen-bond acceptors (Lipinski definition) is 4. The Bertz CT molecular complexity index is 1180. The van der Waals surface area contributed by atoms with Gasteiger partial charge in [-0.1, -0.05) is 11.6 Å². The third-order valence-electron chi connectivity index (χ3n) is 4.28. The van der Waals surface area contributed by atoms with Crippen LogP contribution >= 0.6 is 11.6 Å². The van der Waals surface area contributed by atoms with Gasteiger partial charge in [0.05, 0.1) is 23.5 Å². The molecule has 0 saturated carbocycles. The lowest BCUT2D eigenvalue weighted by Crippen LogP contribution is -2.31. The number of rotatable bonds is 6. The van der Waals surface area contributed by atoms with Crippen molar-refractivity contribution >= 4 is 33.2 Å². The number of furan rings is 1. The summed E-state index contributed by atoms with van der Waals surface area (Å²) in [6.45, 7) is -0.160. The number of amides is 1. The van der Waals surface area contributed by atoms with E-state index in [1.807, 2.05) is 0 Å². The Balaban J connectivity index is 2.09. The second-order valence-corrected chi connectivity index (χ2v) is 9.03. The molecule has 2 aromatic carbocycles. The number of sulfonamides is 1. The molecule has 0 aliphatic carbocycles. The molecule has 3 rings (SSSR count). The zero-order chi connectivity index (χ0) is 22.1. The van der Waals surface area contributed by atoms with Gasteiger partial charge in [0, 0.05) is 25.7 Å². The maximum absolute atomic E-state index is 14.5. The zero-order valence-electron chi connectivity index (χ0n) is 16.0. The molecule has 0 spiro atoms. The number of halogens is 3. The predicted molar refractivity (Wildman–Crippen MR) is 108 cm³/mol. The minimum Gasteiger partial charge on any atom is -0.467 e. The monoisotopic (exact) mass is 454 g/mol. The van der Waals surface area contributed by atoms with Gasteiger partial charge < -0.3 is 4.42 Å². The van der Waals surface area contributed by atoms with Crippen LogP contribution in [0.15, 0.2) is 64.1 Å². The lowest BCUT2D eigenvalue weighted by molar-refractivity contribution is 0.0982. The Morgan fingerprint density at radius 2 is 1.83 bits per heavy atom. The van der Waals surface area contributed by atoms with Gasteiger partial charge in [-0.05, 0) is 42.5 Å². The van der Waals surface area contributed by atoms with Crippen LogP contribution in [-0.2, 0) is 16.6 Å². The molecule has 1 amide bonds. The molecule has 0 bridgehead atoms. The lowest BCUT2D eigenvalue weighted by atomic mass is 10.1. The molecule has 0 aliphatic rings. The van der Waals surface area contributed by atoms with E-state index in [0.29, 0.717) is 11.8 Å². The van der Waals surface area contributed by atoms with Gasteiger partial charge in [-0.2, -0.15) is 0 Å². The summed E-state index contributed by atoms with van der Waals surface area (Å²) in [7, 11) is -1.27. The van der Waals surface area contributed by atoms with Crippen molar-refractivity contribution in [3.05, 3.63) is 82.8 Å². The minimum absolute atomic E-state index is 0.0462. The van der Waals surface area contributed by atoms with Crippen molar-refractivity contribution in [3.63, 3.8) is 0 Å². The third kappa shape index (κ3) is 4.38. The minimum atomic E-state index is -3.93. The van der Waals surface area contributed by atoms with Gasteiger partial charge in [0.2, 0.25) is 10.0 Å². The Morgan fingerprint density at radius 1 is 1.10 bits per heavy atom. The van der Waals surface area contributed by atoms with E-state index in [1.54, 1.807) is 12.1 Å². The van der Waals surface area contributed by atoms with Crippen LogP contribution in [0.3, 0.4) is 0 Å². The van der Waals surface area contributed by atoms with Crippen LogP contribution in [0, 0.1) is 11.6 Å². The van der Waals surface area contributed by atoms with Gasteiger partial charge >= 0.3 is 0 Å². The molecular formula is C20H17ClF2N2O4S. The van der Waals surface area contributed by atoms with Gasteiger partial charge in [0.1, 0.15) is 22.3 Å². The van der Waals surface area contributed by atoms with Crippen LogP contribution in [-0.4, -0.2) is 32.7 Å².